The molecule has 3 aliphatic rings. The molecule has 0 spiro atoms. The topological polar surface area (TPSA) is 128 Å². The zero-order chi connectivity index (χ0) is 28.2. The van der Waals surface area contributed by atoms with Crippen LogP contribution in [0.15, 0.2) is 53.4 Å². The van der Waals surface area contributed by atoms with E-state index in [-0.39, 0.29) is 17.9 Å². The number of hydrogen-bond donors (Lipinski definition) is 2. The molecular formula is C27H26F3N3O5S. The van der Waals surface area contributed by atoms with Gasteiger partial charge in [-0.05, 0) is 60.9 Å². The molecule has 1 heterocycles. The van der Waals surface area contributed by atoms with Gasteiger partial charge in [-0.2, -0.15) is 18.4 Å². The minimum absolute atomic E-state index is 0.0983. The first kappa shape index (κ1) is 27.1. The predicted octanol–water partition coefficient (Wildman–Crippen LogP) is 3.10. The summed E-state index contributed by atoms with van der Waals surface area (Å²) < 4.78 is 68.4. The van der Waals surface area contributed by atoms with Crippen molar-refractivity contribution in [2.45, 2.75) is 66.6 Å². The lowest BCUT2D eigenvalue weighted by molar-refractivity contribution is -0.199. The lowest BCUT2D eigenvalue weighted by Crippen LogP contribution is -2.53. The van der Waals surface area contributed by atoms with Crippen LogP contribution < -0.4 is 5.32 Å². The largest absolute Gasteiger partial charge is 0.403 e. The van der Waals surface area contributed by atoms with Crippen LogP contribution in [0.4, 0.5) is 13.2 Å². The molecule has 2 unspecified atom stereocenters. The second-order valence-corrected chi connectivity index (χ2v) is 12.7. The van der Waals surface area contributed by atoms with E-state index in [0.29, 0.717) is 29.5 Å². The fourth-order valence-corrected chi connectivity index (χ4v) is 6.87. The van der Waals surface area contributed by atoms with E-state index in [1.54, 1.807) is 36.4 Å². The molecule has 0 radical (unpaired) electrons. The van der Waals surface area contributed by atoms with Gasteiger partial charge in [-0.15, -0.1) is 0 Å². The summed E-state index contributed by atoms with van der Waals surface area (Å²) in [5, 5.41) is 20.1. The van der Waals surface area contributed by atoms with Crippen molar-refractivity contribution in [1.29, 1.82) is 5.26 Å². The number of carbonyl (C=O) groups is 2. The van der Waals surface area contributed by atoms with Crippen molar-refractivity contribution in [2.24, 2.45) is 5.41 Å². The molecule has 0 bridgehead atoms. The second-order valence-electron chi connectivity index (χ2n) is 10.5. The van der Waals surface area contributed by atoms with Crippen LogP contribution in [-0.4, -0.2) is 59.8 Å². The molecule has 206 valence electrons. The maximum absolute atomic E-state index is 13.8. The van der Waals surface area contributed by atoms with Crippen molar-refractivity contribution in [2.75, 3.05) is 6.54 Å². The number of sulfone groups is 1. The quantitative estimate of drug-likeness (QED) is 0.535. The number of rotatable bonds is 7. The molecular weight excluding hydrogens is 535 g/mol. The standard InChI is InChI=1S/C27H26F3N3O5S/c28-27(29,30)26(11-12-26)24(36)33-14-20(13-22(33)23(35)32-25(16-31)9-10-25)39(37,38)19-7-5-17(6-8-19)21-4-2-1-3-18(21)15-34/h1-8,20,22,34H,9-15H2,(H,32,35). The van der Waals surface area contributed by atoms with Crippen LogP contribution in [0.5, 0.6) is 0 Å². The summed E-state index contributed by atoms with van der Waals surface area (Å²) in [6.45, 7) is -0.774. The summed E-state index contributed by atoms with van der Waals surface area (Å²) >= 11 is 0. The number of nitrogens with zero attached hydrogens (tertiary/aromatic N) is 2. The van der Waals surface area contributed by atoms with Gasteiger partial charge in [0.2, 0.25) is 11.8 Å². The van der Waals surface area contributed by atoms with Crippen LogP contribution in [0.3, 0.4) is 0 Å². The van der Waals surface area contributed by atoms with Gasteiger partial charge in [0.1, 0.15) is 17.0 Å². The Balaban J connectivity index is 1.43. The van der Waals surface area contributed by atoms with E-state index in [1.165, 1.54) is 12.1 Å². The number of aliphatic hydroxyl groups is 1. The van der Waals surface area contributed by atoms with Gasteiger partial charge >= 0.3 is 6.18 Å². The average Bonchev–Trinajstić information content (AvgIpc) is 3.84. The molecule has 3 fully saturated rings. The Kier molecular flexibility index (Phi) is 6.50. The maximum atomic E-state index is 13.8. The zero-order valence-corrected chi connectivity index (χ0v) is 21.6. The highest BCUT2D eigenvalue weighted by atomic mass is 32.2. The molecule has 2 atom stereocenters. The van der Waals surface area contributed by atoms with Crippen LogP contribution in [0.2, 0.25) is 0 Å². The monoisotopic (exact) mass is 561 g/mol. The number of likely N-dealkylation sites (tertiary alicyclic amines) is 1. The van der Waals surface area contributed by atoms with Gasteiger partial charge < -0.3 is 15.3 Å². The highest BCUT2D eigenvalue weighted by Gasteiger charge is 2.70. The first-order valence-electron chi connectivity index (χ1n) is 12.5. The maximum Gasteiger partial charge on any atom is 0.403 e. The number of nitrogens with one attached hydrogen (secondary N) is 1. The number of nitriles is 1. The van der Waals surface area contributed by atoms with E-state index >= 15 is 0 Å². The summed E-state index contributed by atoms with van der Waals surface area (Å²) in [4.78, 5) is 26.9. The predicted molar refractivity (Wildman–Crippen MR) is 132 cm³/mol. The summed E-state index contributed by atoms with van der Waals surface area (Å²) in [5.41, 5.74) is -1.72. The summed E-state index contributed by atoms with van der Waals surface area (Å²) in [6.07, 6.45) is -5.31. The molecule has 0 aromatic heterocycles. The molecule has 2 aromatic carbocycles. The fraction of sp³-hybridized carbons (Fsp3) is 0.444. The van der Waals surface area contributed by atoms with Crippen molar-refractivity contribution < 1.29 is 36.3 Å². The van der Waals surface area contributed by atoms with Gasteiger partial charge in [0, 0.05) is 6.54 Å². The highest BCUT2D eigenvalue weighted by Crippen LogP contribution is 2.59. The number of alkyl halides is 3. The van der Waals surface area contributed by atoms with Crippen LogP contribution in [0.25, 0.3) is 11.1 Å². The third kappa shape index (κ3) is 4.67. The minimum atomic E-state index is -4.83. The molecule has 2 amide bonds. The number of hydrogen-bond acceptors (Lipinski definition) is 6. The molecule has 2 aliphatic carbocycles. The van der Waals surface area contributed by atoms with Crippen LogP contribution in [0, 0.1) is 16.7 Å². The molecule has 12 heteroatoms. The Morgan fingerprint density at radius 2 is 1.72 bits per heavy atom. The smallest absolute Gasteiger partial charge is 0.392 e. The summed E-state index contributed by atoms with van der Waals surface area (Å²) in [7, 11) is -4.15. The fourth-order valence-electron chi connectivity index (χ4n) is 5.18. The first-order valence-corrected chi connectivity index (χ1v) is 14.1. The van der Waals surface area contributed by atoms with Crippen molar-refractivity contribution in [3.63, 3.8) is 0 Å². The molecule has 8 nitrogen and oxygen atoms in total. The van der Waals surface area contributed by atoms with E-state index in [4.69, 9.17) is 0 Å². The minimum Gasteiger partial charge on any atom is -0.392 e. The lowest BCUT2D eigenvalue weighted by atomic mass is 10.0. The first-order chi connectivity index (χ1) is 18.4. The van der Waals surface area contributed by atoms with Crippen molar-refractivity contribution >= 4 is 21.7 Å². The van der Waals surface area contributed by atoms with Crippen LogP contribution in [0.1, 0.15) is 37.7 Å². The van der Waals surface area contributed by atoms with Gasteiger partial charge in [-0.1, -0.05) is 36.4 Å². The number of aliphatic hydroxyl groups excluding tert-OH is 1. The Morgan fingerprint density at radius 3 is 2.26 bits per heavy atom. The SMILES string of the molecule is N#CC1(NC(=O)C2CC(S(=O)(=O)c3ccc(-c4ccccc4CO)cc3)CN2C(=O)C2(C(F)(F)F)CC2)CC1. The number of benzene rings is 2. The highest BCUT2D eigenvalue weighted by molar-refractivity contribution is 7.92. The number of halogens is 3. The summed E-state index contributed by atoms with van der Waals surface area (Å²) in [6, 6.07) is 13.4. The van der Waals surface area contributed by atoms with Gasteiger partial charge in [-0.25, -0.2) is 8.42 Å². The van der Waals surface area contributed by atoms with Gasteiger partial charge in [0.25, 0.3) is 0 Å². The van der Waals surface area contributed by atoms with E-state index in [9.17, 15) is 41.5 Å². The second kappa shape index (κ2) is 9.34. The van der Waals surface area contributed by atoms with E-state index in [2.05, 4.69) is 5.32 Å². The zero-order valence-electron chi connectivity index (χ0n) is 20.7. The number of amides is 2. The van der Waals surface area contributed by atoms with Crippen LogP contribution >= 0.6 is 0 Å². The van der Waals surface area contributed by atoms with E-state index < -0.39 is 69.5 Å². The molecule has 1 saturated heterocycles. The Labute approximate surface area is 223 Å². The third-order valence-electron chi connectivity index (χ3n) is 7.98. The number of carbonyl (C=O) groups excluding carboxylic acids is 2. The average molecular weight is 562 g/mol. The molecule has 39 heavy (non-hydrogen) atoms. The van der Waals surface area contributed by atoms with Gasteiger partial charge in [0.15, 0.2) is 9.84 Å². The molecule has 2 saturated carbocycles. The van der Waals surface area contributed by atoms with Crippen molar-refractivity contribution in [3.05, 3.63) is 54.1 Å². The van der Waals surface area contributed by atoms with Gasteiger partial charge in [0.05, 0.1) is 22.8 Å². The van der Waals surface area contributed by atoms with Crippen molar-refractivity contribution in [1.82, 2.24) is 10.2 Å². The molecule has 5 rings (SSSR count). The van der Waals surface area contributed by atoms with Crippen LogP contribution in [-0.2, 0) is 26.0 Å². The normalized spacial score (nSPS) is 23.1. The van der Waals surface area contributed by atoms with E-state index in [1.807, 2.05) is 6.07 Å². The molecule has 2 N–H and O–H groups in total. The van der Waals surface area contributed by atoms with Crippen molar-refractivity contribution in [3.8, 4) is 17.2 Å². The molecule has 1 aliphatic heterocycles. The Hall–Kier alpha value is -3.43. The third-order valence-corrected chi connectivity index (χ3v) is 10.1. The van der Waals surface area contributed by atoms with Gasteiger partial charge in [-0.3, -0.25) is 9.59 Å². The summed E-state index contributed by atoms with van der Waals surface area (Å²) in [5.74, 6) is -2.13. The van der Waals surface area contributed by atoms with E-state index in [0.717, 1.165) is 4.90 Å². The Morgan fingerprint density at radius 1 is 1.08 bits per heavy atom. The Bertz CT molecular complexity index is 1460. The lowest BCUT2D eigenvalue weighted by Gasteiger charge is -2.29. The molecule has 2 aromatic rings.